The molecule has 0 atom stereocenters. The summed E-state index contributed by atoms with van der Waals surface area (Å²) in [5.41, 5.74) is 4.19. The molecule has 0 spiro atoms. The Balaban J connectivity index is 1.63. The Kier molecular flexibility index (Phi) is 8.94. The summed E-state index contributed by atoms with van der Waals surface area (Å²) in [5, 5.41) is 1.18. The number of para-hydroxylation sites is 4. The maximum Gasteiger partial charge on any atom is 0.295 e. The van der Waals surface area contributed by atoms with Gasteiger partial charge in [0.05, 0.1) is 30.0 Å². The van der Waals surface area contributed by atoms with Gasteiger partial charge in [-0.3, -0.25) is 14.0 Å². The van der Waals surface area contributed by atoms with E-state index in [2.05, 4.69) is 9.44 Å². The van der Waals surface area contributed by atoms with Gasteiger partial charge in [0.15, 0.2) is 0 Å². The molecule has 15 heteroatoms. The molecular formula is C35H33N4O8S3+. The number of benzene rings is 5. The standard InChI is InChI=1S/C35H32N4O8S3/c1-38(30-14-8-6-12-28(30)36-48(3,40)41)23-17-19-25-32(21-23)47-33-22-24(39(2)31-15-9-7-13-29(31)37-49(4,42)43)18-20-26(33)35(25)27-11-5-10-16-34(27)50(44,45)46/h5-22,36-37H,1-4H3/p+1. The average Bonchev–Trinajstić information content (AvgIpc) is 3.04. The smallest absolute Gasteiger partial charge is 0.295 e. The van der Waals surface area contributed by atoms with Gasteiger partial charge in [0.2, 0.25) is 31.1 Å². The number of hydrogen-bond donors (Lipinski definition) is 3. The summed E-state index contributed by atoms with van der Waals surface area (Å²) in [5.74, 6) is 0.370. The van der Waals surface area contributed by atoms with Crippen LogP contribution in [0.1, 0.15) is 0 Å². The van der Waals surface area contributed by atoms with Gasteiger partial charge in [-0.1, -0.05) is 42.5 Å². The fourth-order valence-corrected chi connectivity index (χ4v) is 7.70. The predicted octanol–water partition coefficient (Wildman–Crippen LogP) is 5.70. The summed E-state index contributed by atoms with van der Waals surface area (Å²) >= 11 is 0. The van der Waals surface area contributed by atoms with E-state index in [0.717, 1.165) is 12.5 Å². The topological polar surface area (TPSA) is 166 Å². The van der Waals surface area contributed by atoms with Crippen molar-refractivity contribution in [1.82, 2.24) is 4.58 Å². The number of nitrogens with one attached hydrogen (secondary N) is 2. The first-order valence-electron chi connectivity index (χ1n) is 15.0. The molecule has 4 aromatic rings. The Labute approximate surface area is 290 Å². The van der Waals surface area contributed by atoms with Crippen molar-refractivity contribution in [3.63, 3.8) is 0 Å². The molecule has 0 saturated heterocycles. The van der Waals surface area contributed by atoms with E-state index in [1.807, 2.05) is 0 Å². The summed E-state index contributed by atoms with van der Waals surface area (Å²) in [4.78, 5) is 1.51. The van der Waals surface area contributed by atoms with E-state index in [0.29, 0.717) is 61.7 Å². The van der Waals surface area contributed by atoms with Crippen LogP contribution < -0.4 is 24.3 Å². The van der Waals surface area contributed by atoms with Crippen molar-refractivity contribution in [3.05, 3.63) is 115 Å². The Morgan fingerprint density at radius 2 is 1.32 bits per heavy atom. The second-order valence-corrected chi connectivity index (χ2v) is 16.6. The zero-order valence-electron chi connectivity index (χ0n) is 27.3. The van der Waals surface area contributed by atoms with Crippen LogP contribution in [-0.2, 0) is 30.2 Å². The van der Waals surface area contributed by atoms with Crippen LogP contribution in [0.2, 0.25) is 0 Å². The highest BCUT2D eigenvalue weighted by molar-refractivity contribution is 7.92. The van der Waals surface area contributed by atoms with Gasteiger partial charge >= 0.3 is 0 Å². The van der Waals surface area contributed by atoms with Crippen molar-refractivity contribution in [2.24, 2.45) is 0 Å². The summed E-state index contributed by atoms with van der Waals surface area (Å²) in [6, 6.07) is 30.6. The molecule has 0 radical (unpaired) electrons. The molecule has 0 bridgehead atoms. The van der Waals surface area contributed by atoms with Crippen molar-refractivity contribution in [2.75, 3.05) is 41.0 Å². The van der Waals surface area contributed by atoms with Gasteiger partial charge in [-0.25, -0.2) is 16.8 Å². The number of nitrogens with zero attached hydrogens (tertiary/aromatic N) is 2. The third-order valence-electron chi connectivity index (χ3n) is 8.02. The van der Waals surface area contributed by atoms with E-state index < -0.39 is 30.2 Å². The third-order valence-corrected chi connectivity index (χ3v) is 10.1. The summed E-state index contributed by atoms with van der Waals surface area (Å²) < 4.78 is 97.1. The molecule has 1 heterocycles. The van der Waals surface area contributed by atoms with Gasteiger partial charge < -0.3 is 9.32 Å². The van der Waals surface area contributed by atoms with E-state index in [-0.39, 0.29) is 10.5 Å². The van der Waals surface area contributed by atoms with Crippen molar-refractivity contribution in [3.8, 4) is 22.5 Å². The molecule has 0 unspecified atom stereocenters. The molecule has 3 N–H and O–H groups in total. The van der Waals surface area contributed by atoms with Crippen LogP contribution in [0.25, 0.3) is 33.4 Å². The molecule has 12 nitrogen and oxygen atoms in total. The van der Waals surface area contributed by atoms with Gasteiger partial charge in [0, 0.05) is 53.0 Å². The highest BCUT2D eigenvalue weighted by atomic mass is 32.2. The van der Waals surface area contributed by atoms with E-state index >= 15 is 0 Å². The van der Waals surface area contributed by atoms with E-state index in [9.17, 15) is 29.8 Å². The minimum atomic E-state index is -4.63. The molecule has 0 fully saturated rings. The molecule has 6 rings (SSSR count). The lowest BCUT2D eigenvalue weighted by atomic mass is 9.93. The summed E-state index contributed by atoms with van der Waals surface area (Å²) in [7, 11) is -8.23. The monoisotopic (exact) mass is 733 g/mol. The fourth-order valence-electron chi connectivity index (χ4n) is 5.86. The first-order chi connectivity index (χ1) is 23.5. The predicted molar refractivity (Wildman–Crippen MR) is 197 cm³/mol. The molecule has 1 aliphatic heterocycles. The molecule has 50 heavy (non-hydrogen) atoms. The zero-order chi connectivity index (χ0) is 36.0. The Bertz CT molecular complexity index is 2670. The fraction of sp³-hybridized carbons (Fsp3) is 0.114. The Morgan fingerprint density at radius 3 is 2.02 bits per heavy atom. The van der Waals surface area contributed by atoms with Gasteiger partial charge in [-0.05, 0) is 42.5 Å². The van der Waals surface area contributed by atoms with E-state index in [4.69, 9.17) is 4.42 Å². The maximum atomic E-state index is 12.6. The van der Waals surface area contributed by atoms with Crippen LogP contribution in [0.4, 0.5) is 28.4 Å². The van der Waals surface area contributed by atoms with Gasteiger partial charge in [-0.2, -0.15) is 13.0 Å². The highest BCUT2D eigenvalue weighted by Crippen LogP contribution is 2.43. The largest absolute Gasteiger partial charge is 0.456 e. The van der Waals surface area contributed by atoms with Crippen molar-refractivity contribution >= 4 is 69.6 Å². The summed E-state index contributed by atoms with van der Waals surface area (Å²) in [6.45, 7) is 0. The minimum absolute atomic E-state index is 0.258. The molecule has 0 aromatic heterocycles. The molecule has 1 aliphatic carbocycles. The van der Waals surface area contributed by atoms with Crippen molar-refractivity contribution in [1.29, 1.82) is 0 Å². The normalized spacial score (nSPS) is 12.9. The second kappa shape index (κ2) is 12.9. The number of rotatable bonds is 9. The number of sulfonamides is 2. The van der Waals surface area contributed by atoms with Crippen molar-refractivity contribution in [2.45, 2.75) is 4.90 Å². The molecule has 0 saturated carbocycles. The van der Waals surface area contributed by atoms with Crippen LogP contribution in [-0.4, -0.2) is 56.4 Å². The molecule has 2 aliphatic rings. The molecule has 0 amide bonds. The lowest BCUT2D eigenvalue weighted by Crippen LogP contribution is -2.23. The van der Waals surface area contributed by atoms with Gasteiger partial charge in [0.25, 0.3) is 10.1 Å². The average molecular weight is 734 g/mol. The van der Waals surface area contributed by atoms with E-state index in [1.165, 1.54) is 12.1 Å². The first-order valence-corrected chi connectivity index (χ1v) is 20.2. The number of hydrogen-bond acceptors (Lipinski definition) is 8. The SMILES string of the molecule is CN(c1ccc2c(-c3ccccc3S(=O)(=O)O)c3ccc(=[N+](C)c4ccccc4NS(C)(=O)=O)cc-3oc2c1)c1ccccc1NS(C)(=O)=O. The van der Waals surface area contributed by atoms with Crippen molar-refractivity contribution < 1.29 is 34.2 Å². The zero-order valence-corrected chi connectivity index (χ0v) is 29.8. The molecule has 4 aromatic carbocycles. The van der Waals surface area contributed by atoms with Gasteiger partial charge in [-0.15, -0.1) is 0 Å². The number of anilines is 4. The van der Waals surface area contributed by atoms with Crippen LogP contribution >= 0.6 is 0 Å². The lowest BCUT2D eigenvalue weighted by Gasteiger charge is -2.24. The number of fused-ring (bicyclic) bond motifs is 2. The highest BCUT2D eigenvalue weighted by Gasteiger charge is 2.25. The first kappa shape index (κ1) is 34.6. The second-order valence-electron chi connectivity index (χ2n) is 11.7. The van der Waals surface area contributed by atoms with E-state index in [1.54, 1.807) is 121 Å². The van der Waals surface area contributed by atoms with Crippen LogP contribution in [0.5, 0.6) is 0 Å². The molecule has 258 valence electrons. The van der Waals surface area contributed by atoms with Crippen LogP contribution in [0, 0.1) is 0 Å². The third kappa shape index (κ3) is 7.21. The molecular weight excluding hydrogens is 701 g/mol. The van der Waals surface area contributed by atoms with Gasteiger partial charge in [0.1, 0.15) is 29.0 Å². The van der Waals surface area contributed by atoms with Crippen LogP contribution in [0.3, 0.4) is 0 Å². The Hall–Kier alpha value is -5.22. The lowest BCUT2D eigenvalue weighted by molar-refractivity contribution is 0.483. The maximum absolute atomic E-state index is 12.6. The minimum Gasteiger partial charge on any atom is -0.456 e. The van der Waals surface area contributed by atoms with Crippen LogP contribution in [0.15, 0.2) is 119 Å². The quantitative estimate of drug-likeness (QED) is 0.0961. The Morgan fingerprint density at radius 1 is 0.700 bits per heavy atom. The summed E-state index contributed by atoms with van der Waals surface area (Å²) in [6.07, 6.45) is 2.14.